The Balaban J connectivity index is 1.65. The molecule has 0 fully saturated rings. The van der Waals surface area contributed by atoms with Gasteiger partial charge in [-0.15, -0.1) is 11.3 Å². The zero-order valence-corrected chi connectivity index (χ0v) is 13.6. The largest absolute Gasteiger partial charge is 0.423 e. The fraction of sp³-hybridized carbons (Fsp3) is 0.118. The van der Waals surface area contributed by atoms with Gasteiger partial charge in [0.1, 0.15) is 5.58 Å². The summed E-state index contributed by atoms with van der Waals surface area (Å²) >= 11 is 1.53. The topological polar surface area (TPSA) is 88.4 Å². The van der Waals surface area contributed by atoms with Crippen LogP contribution in [0.1, 0.15) is 10.4 Å². The highest BCUT2D eigenvalue weighted by molar-refractivity contribution is 7.10. The first-order valence-electron chi connectivity index (χ1n) is 7.19. The van der Waals surface area contributed by atoms with Crippen molar-refractivity contribution < 1.29 is 14.0 Å². The van der Waals surface area contributed by atoms with E-state index in [2.05, 4.69) is 10.6 Å². The Morgan fingerprint density at radius 1 is 1.12 bits per heavy atom. The molecule has 7 heteroatoms. The van der Waals surface area contributed by atoms with Crippen LogP contribution < -0.4 is 16.3 Å². The standard InChI is InChI=1S/C17H14N2O4S/c1-10-6-7-24-14(10)9-18-16(21)17(22)19-12-3-4-13-11(8-12)2-5-15(20)23-13/h2-8H,9H2,1H3,(H,18,21)(H,19,22). The van der Waals surface area contributed by atoms with Gasteiger partial charge in [0, 0.05) is 22.0 Å². The lowest BCUT2D eigenvalue weighted by molar-refractivity contribution is -0.136. The van der Waals surface area contributed by atoms with E-state index in [0.717, 1.165) is 10.4 Å². The first-order valence-corrected chi connectivity index (χ1v) is 8.07. The number of fused-ring (bicyclic) bond motifs is 1. The van der Waals surface area contributed by atoms with E-state index in [-0.39, 0.29) is 0 Å². The molecule has 0 aliphatic carbocycles. The molecule has 0 aliphatic rings. The maximum Gasteiger partial charge on any atom is 0.336 e. The van der Waals surface area contributed by atoms with E-state index in [0.29, 0.717) is 23.2 Å². The zero-order valence-electron chi connectivity index (χ0n) is 12.8. The third-order valence-electron chi connectivity index (χ3n) is 3.46. The van der Waals surface area contributed by atoms with Crippen LogP contribution in [-0.4, -0.2) is 11.8 Å². The molecule has 2 aromatic heterocycles. The maximum absolute atomic E-state index is 12.0. The first-order chi connectivity index (χ1) is 11.5. The van der Waals surface area contributed by atoms with Gasteiger partial charge in [0.05, 0.1) is 6.54 Å². The van der Waals surface area contributed by atoms with Gasteiger partial charge in [0.15, 0.2) is 0 Å². The molecule has 0 aliphatic heterocycles. The molecule has 2 amide bonds. The van der Waals surface area contributed by atoms with Crippen molar-refractivity contribution in [2.24, 2.45) is 0 Å². The molecule has 0 bridgehead atoms. The molecule has 2 heterocycles. The molecule has 0 saturated carbocycles. The van der Waals surface area contributed by atoms with Crippen molar-refractivity contribution in [3.8, 4) is 0 Å². The molecule has 122 valence electrons. The van der Waals surface area contributed by atoms with E-state index < -0.39 is 17.4 Å². The van der Waals surface area contributed by atoms with Gasteiger partial charge < -0.3 is 15.1 Å². The number of anilines is 1. The molecule has 0 saturated heterocycles. The second-order valence-corrected chi connectivity index (χ2v) is 6.17. The smallest absolute Gasteiger partial charge is 0.336 e. The van der Waals surface area contributed by atoms with E-state index >= 15 is 0 Å². The molecular formula is C17H14N2O4S. The average Bonchev–Trinajstić information content (AvgIpc) is 2.97. The molecule has 3 aromatic rings. The lowest BCUT2D eigenvalue weighted by Gasteiger charge is -2.07. The van der Waals surface area contributed by atoms with Crippen molar-refractivity contribution in [1.82, 2.24) is 5.32 Å². The van der Waals surface area contributed by atoms with Crippen LogP contribution in [0, 0.1) is 6.92 Å². The highest BCUT2D eigenvalue weighted by Gasteiger charge is 2.14. The lowest BCUT2D eigenvalue weighted by Crippen LogP contribution is -2.34. The molecular weight excluding hydrogens is 328 g/mol. The Bertz CT molecular complexity index is 974. The summed E-state index contributed by atoms with van der Waals surface area (Å²) in [6, 6.07) is 9.62. The zero-order chi connectivity index (χ0) is 17.1. The van der Waals surface area contributed by atoms with Gasteiger partial charge in [-0.3, -0.25) is 9.59 Å². The van der Waals surface area contributed by atoms with E-state index in [1.54, 1.807) is 24.3 Å². The predicted octanol–water partition coefficient (Wildman–Crippen LogP) is 2.42. The van der Waals surface area contributed by atoms with Crippen LogP contribution in [0.15, 0.2) is 51.0 Å². The van der Waals surface area contributed by atoms with E-state index in [9.17, 15) is 14.4 Å². The minimum Gasteiger partial charge on any atom is -0.423 e. The van der Waals surface area contributed by atoms with Crippen molar-refractivity contribution in [2.45, 2.75) is 13.5 Å². The first kappa shape index (κ1) is 15.9. The summed E-state index contributed by atoms with van der Waals surface area (Å²) in [5, 5.41) is 7.71. The Kier molecular flexibility index (Phi) is 4.43. The Morgan fingerprint density at radius 2 is 1.96 bits per heavy atom. The number of carbonyl (C=O) groups excluding carboxylic acids is 2. The van der Waals surface area contributed by atoms with Crippen LogP contribution in [0.5, 0.6) is 0 Å². The SMILES string of the molecule is Cc1ccsc1CNC(=O)C(=O)Nc1ccc2oc(=O)ccc2c1. The highest BCUT2D eigenvalue weighted by Crippen LogP contribution is 2.18. The Hall–Kier alpha value is -2.93. The summed E-state index contributed by atoms with van der Waals surface area (Å²) in [5.41, 5.74) is 1.50. The summed E-state index contributed by atoms with van der Waals surface area (Å²) in [6.45, 7) is 2.27. The number of hydrogen-bond acceptors (Lipinski definition) is 5. The Labute approximate surface area is 141 Å². The summed E-state index contributed by atoms with van der Waals surface area (Å²) < 4.78 is 5.01. The number of thiophene rings is 1. The number of benzene rings is 1. The number of carbonyl (C=O) groups is 2. The van der Waals surface area contributed by atoms with E-state index in [4.69, 9.17) is 4.42 Å². The fourth-order valence-electron chi connectivity index (χ4n) is 2.16. The number of rotatable bonds is 3. The third kappa shape index (κ3) is 3.52. The fourth-order valence-corrected chi connectivity index (χ4v) is 3.01. The maximum atomic E-state index is 12.0. The Morgan fingerprint density at radius 3 is 2.71 bits per heavy atom. The van der Waals surface area contributed by atoms with Crippen LogP contribution >= 0.6 is 11.3 Å². The van der Waals surface area contributed by atoms with Gasteiger partial charge in [-0.2, -0.15) is 0 Å². The van der Waals surface area contributed by atoms with Gasteiger partial charge >= 0.3 is 17.4 Å². The van der Waals surface area contributed by atoms with E-state index in [1.807, 2.05) is 18.4 Å². The molecule has 1 aromatic carbocycles. The summed E-state index contributed by atoms with van der Waals surface area (Å²) in [7, 11) is 0. The van der Waals surface area contributed by atoms with Gasteiger partial charge in [-0.05, 0) is 48.2 Å². The molecule has 2 N–H and O–H groups in total. The number of hydrogen-bond donors (Lipinski definition) is 2. The number of aryl methyl sites for hydroxylation is 1. The van der Waals surface area contributed by atoms with Crippen molar-refractivity contribution in [2.75, 3.05) is 5.32 Å². The van der Waals surface area contributed by atoms with Crippen molar-refractivity contribution in [3.63, 3.8) is 0 Å². The van der Waals surface area contributed by atoms with Crippen molar-refractivity contribution in [1.29, 1.82) is 0 Å². The van der Waals surface area contributed by atoms with Crippen LogP contribution in [0.2, 0.25) is 0 Å². The van der Waals surface area contributed by atoms with Crippen molar-refractivity contribution >= 4 is 39.8 Å². The monoisotopic (exact) mass is 342 g/mol. The minimum absolute atomic E-state index is 0.318. The molecule has 3 rings (SSSR count). The molecule has 0 spiro atoms. The van der Waals surface area contributed by atoms with Gasteiger partial charge in [0.2, 0.25) is 0 Å². The third-order valence-corrected chi connectivity index (χ3v) is 4.48. The predicted molar refractivity (Wildman–Crippen MR) is 92.0 cm³/mol. The average molecular weight is 342 g/mol. The van der Waals surface area contributed by atoms with Crippen LogP contribution in [0.3, 0.4) is 0 Å². The van der Waals surface area contributed by atoms with Crippen LogP contribution in [0.25, 0.3) is 11.0 Å². The molecule has 0 unspecified atom stereocenters. The summed E-state index contributed by atoms with van der Waals surface area (Å²) in [5.74, 6) is -1.46. The molecule has 6 nitrogen and oxygen atoms in total. The van der Waals surface area contributed by atoms with Crippen molar-refractivity contribution in [3.05, 3.63) is 62.6 Å². The lowest BCUT2D eigenvalue weighted by atomic mass is 10.2. The second-order valence-electron chi connectivity index (χ2n) is 5.17. The van der Waals surface area contributed by atoms with Gasteiger partial charge in [-0.1, -0.05) is 0 Å². The summed E-state index contributed by atoms with van der Waals surface area (Å²) in [4.78, 5) is 36.0. The number of amides is 2. The minimum atomic E-state index is -0.749. The quantitative estimate of drug-likeness (QED) is 0.565. The van der Waals surface area contributed by atoms with Gasteiger partial charge in [-0.25, -0.2) is 4.79 Å². The van der Waals surface area contributed by atoms with Gasteiger partial charge in [0.25, 0.3) is 0 Å². The summed E-state index contributed by atoms with van der Waals surface area (Å²) in [6.07, 6.45) is 0. The highest BCUT2D eigenvalue weighted by atomic mass is 32.1. The van der Waals surface area contributed by atoms with Crippen LogP contribution in [-0.2, 0) is 16.1 Å². The number of nitrogens with one attached hydrogen (secondary N) is 2. The molecule has 0 radical (unpaired) electrons. The molecule has 24 heavy (non-hydrogen) atoms. The molecule has 0 atom stereocenters. The second kappa shape index (κ2) is 6.67. The van der Waals surface area contributed by atoms with E-state index in [1.165, 1.54) is 17.4 Å². The normalized spacial score (nSPS) is 10.5. The van der Waals surface area contributed by atoms with Crippen LogP contribution in [0.4, 0.5) is 5.69 Å².